The number of carbonyl (C=O) groups is 1. The quantitative estimate of drug-likeness (QED) is 0.892. The number of carboxylic acids is 1. The largest absolute Gasteiger partial charge is 0.478 e. The average Bonchev–Trinajstić information content (AvgIpc) is 2.38. The first-order valence-corrected chi connectivity index (χ1v) is 6.36. The molecule has 4 heteroatoms. The fraction of sp³-hybridized carbons (Fsp3) is 0.188. The lowest BCUT2D eigenvalue weighted by atomic mass is 10.1. The van der Waals surface area contributed by atoms with Crippen molar-refractivity contribution in [1.29, 1.82) is 0 Å². The summed E-state index contributed by atoms with van der Waals surface area (Å²) in [5, 5.41) is 12.4. The number of nitrogens with zero attached hydrogens (tertiary/aromatic N) is 1. The van der Waals surface area contributed by atoms with Crippen molar-refractivity contribution in [2.45, 2.75) is 6.92 Å². The smallest absolute Gasteiger partial charge is 0.335 e. The summed E-state index contributed by atoms with van der Waals surface area (Å²) in [5.41, 5.74) is 4.01. The maximum atomic E-state index is 11.0. The summed E-state index contributed by atoms with van der Waals surface area (Å²) < 4.78 is 0. The maximum absolute atomic E-state index is 11.0. The molecule has 2 N–H and O–H groups in total. The molecule has 0 aliphatic carbocycles. The number of hydrogen-bond acceptors (Lipinski definition) is 3. The normalized spacial score (nSPS) is 10.2. The lowest BCUT2D eigenvalue weighted by Crippen LogP contribution is -2.10. The van der Waals surface area contributed by atoms with Crippen LogP contribution >= 0.6 is 0 Å². The number of benzene rings is 2. The topological polar surface area (TPSA) is 52.6 Å². The summed E-state index contributed by atoms with van der Waals surface area (Å²) in [4.78, 5) is 13.0. The minimum Gasteiger partial charge on any atom is -0.478 e. The number of anilines is 3. The van der Waals surface area contributed by atoms with Crippen LogP contribution in [0.1, 0.15) is 15.9 Å². The van der Waals surface area contributed by atoms with Gasteiger partial charge >= 0.3 is 5.97 Å². The molecule has 0 bridgehead atoms. The fourth-order valence-electron chi connectivity index (χ4n) is 2.11. The summed E-state index contributed by atoms with van der Waals surface area (Å²) in [5.74, 6) is -0.900. The van der Waals surface area contributed by atoms with Crippen LogP contribution in [0.25, 0.3) is 0 Å². The summed E-state index contributed by atoms with van der Waals surface area (Å²) in [6.45, 7) is 1.80. The lowest BCUT2D eigenvalue weighted by Gasteiger charge is -2.18. The Balaban J connectivity index is 2.31. The minimum atomic E-state index is -0.900. The molecule has 0 aromatic heterocycles. The molecule has 0 aliphatic rings. The molecular weight excluding hydrogens is 252 g/mol. The highest BCUT2D eigenvalue weighted by Crippen LogP contribution is 2.28. The van der Waals surface area contributed by atoms with E-state index in [0.717, 1.165) is 22.6 Å². The molecule has 0 fully saturated rings. The molecule has 0 saturated heterocycles. The Hall–Kier alpha value is -2.49. The molecule has 0 saturated carbocycles. The van der Waals surface area contributed by atoms with E-state index in [1.807, 2.05) is 49.3 Å². The van der Waals surface area contributed by atoms with Gasteiger partial charge < -0.3 is 15.3 Å². The standard InChI is InChI=1S/C16H18N2O2/c1-11-10-12(8-9-13(11)16(19)20)17-14-6-4-5-7-15(14)18(2)3/h4-10,17H,1-3H3,(H,19,20). The van der Waals surface area contributed by atoms with E-state index in [1.54, 1.807) is 19.1 Å². The second kappa shape index (κ2) is 5.65. The highest BCUT2D eigenvalue weighted by Gasteiger charge is 2.08. The molecule has 20 heavy (non-hydrogen) atoms. The van der Waals surface area contributed by atoms with E-state index in [1.165, 1.54) is 0 Å². The van der Waals surface area contributed by atoms with Gasteiger partial charge in [0.1, 0.15) is 0 Å². The van der Waals surface area contributed by atoms with E-state index in [2.05, 4.69) is 5.32 Å². The van der Waals surface area contributed by atoms with Crippen LogP contribution < -0.4 is 10.2 Å². The number of nitrogens with one attached hydrogen (secondary N) is 1. The van der Waals surface area contributed by atoms with E-state index < -0.39 is 5.97 Å². The molecule has 104 valence electrons. The minimum absolute atomic E-state index is 0.330. The third kappa shape index (κ3) is 2.91. The van der Waals surface area contributed by atoms with Crippen molar-refractivity contribution < 1.29 is 9.90 Å². The van der Waals surface area contributed by atoms with E-state index in [0.29, 0.717) is 5.56 Å². The summed E-state index contributed by atoms with van der Waals surface area (Å²) in [6, 6.07) is 13.2. The van der Waals surface area contributed by atoms with Crippen LogP contribution in [-0.2, 0) is 0 Å². The van der Waals surface area contributed by atoms with Gasteiger partial charge in [-0.2, -0.15) is 0 Å². The van der Waals surface area contributed by atoms with Crippen molar-refractivity contribution in [2.24, 2.45) is 0 Å². The van der Waals surface area contributed by atoms with Crippen LogP contribution in [0.2, 0.25) is 0 Å². The zero-order chi connectivity index (χ0) is 14.7. The number of rotatable bonds is 4. The van der Waals surface area contributed by atoms with Crippen LogP contribution in [-0.4, -0.2) is 25.2 Å². The number of aryl methyl sites for hydroxylation is 1. The number of carboxylic acid groups (broad SMARTS) is 1. The molecule has 4 nitrogen and oxygen atoms in total. The lowest BCUT2D eigenvalue weighted by molar-refractivity contribution is 0.0696. The third-order valence-electron chi connectivity index (χ3n) is 3.12. The monoisotopic (exact) mass is 270 g/mol. The molecule has 2 aromatic rings. The van der Waals surface area contributed by atoms with Crippen molar-refractivity contribution in [2.75, 3.05) is 24.3 Å². The van der Waals surface area contributed by atoms with Crippen molar-refractivity contribution in [3.05, 3.63) is 53.6 Å². The first-order chi connectivity index (χ1) is 9.49. The summed E-state index contributed by atoms with van der Waals surface area (Å²) in [6.07, 6.45) is 0. The third-order valence-corrected chi connectivity index (χ3v) is 3.12. The van der Waals surface area contributed by atoms with Gasteiger partial charge in [0, 0.05) is 19.8 Å². The fourth-order valence-corrected chi connectivity index (χ4v) is 2.11. The zero-order valence-electron chi connectivity index (χ0n) is 11.8. The molecule has 0 radical (unpaired) electrons. The van der Waals surface area contributed by atoms with Crippen LogP contribution in [0.4, 0.5) is 17.1 Å². The van der Waals surface area contributed by atoms with Gasteiger partial charge in [-0.1, -0.05) is 12.1 Å². The van der Waals surface area contributed by atoms with Crippen LogP contribution in [0.3, 0.4) is 0 Å². The maximum Gasteiger partial charge on any atom is 0.335 e. The first-order valence-electron chi connectivity index (χ1n) is 6.36. The SMILES string of the molecule is Cc1cc(Nc2ccccc2N(C)C)ccc1C(=O)O. The van der Waals surface area contributed by atoms with Gasteiger partial charge in [-0.25, -0.2) is 4.79 Å². The van der Waals surface area contributed by atoms with E-state index in [-0.39, 0.29) is 0 Å². The molecule has 0 unspecified atom stereocenters. The van der Waals surface area contributed by atoms with E-state index in [9.17, 15) is 4.79 Å². The summed E-state index contributed by atoms with van der Waals surface area (Å²) in [7, 11) is 3.97. The van der Waals surface area contributed by atoms with Gasteiger partial charge in [0.05, 0.1) is 16.9 Å². The Bertz CT molecular complexity index is 636. The van der Waals surface area contributed by atoms with Gasteiger partial charge in [-0.15, -0.1) is 0 Å². The first kappa shape index (κ1) is 13.9. The van der Waals surface area contributed by atoms with Gasteiger partial charge in [0.2, 0.25) is 0 Å². The molecular formula is C16H18N2O2. The number of hydrogen-bond donors (Lipinski definition) is 2. The van der Waals surface area contributed by atoms with Gasteiger partial charge in [0.15, 0.2) is 0 Å². The molecule has 0 heterocycles. The molecule has 0 spiro atoms. The Kier molecular flexibility index (Phi) is 3.94. The predicted octanol–water partition coefficient (Wildman–Crippen LogP) is 3.50. The predicted molar refractivity (Wildman–Crippen MR) is 82.2 cm³/mol. The van der Waals surface area contributed by atoms with Gasteiger partial charge in [-0.3, -0.25) is 0 Å². The van der Waals surface area contributed by atoms with Crippen LogP contribution in [0.15, 0.2) is 42.5 Å². The van der Waals surface area contributed by atoms with Gasteiger partial charge in [-0.05, 0) is 42.8 Å². The molecule has 0 aliphatic heterocycles. The van der Waals surface area contributed by atoms with Gasteiger partial charge in [0.25, 0.3) is 0 Å². The van der Waals surface area contributed by atoms with Crippen molar-refractivity contribution >= 4 is 23.0 Å². The molecule has 2 rings (SSSR count). The Labute approximate surface area is 118 Å². The number of aromatic carboxylic acids is 1. The zero-order valence-corrected chi connectivity index (χ0v) is 11.8. The Morgan fingerprint density at radius 1 is 1.15 bits per heavy atom. The highest BCUT2D eigenvalue weighted by molar-refractivity contribution is 5.90. The summed E-state index contributed by atoms with van der Waals surface area (Å²) >= 11 is 0. The van der Waals surface area contributed by atoms with Crippen molar-refractivity contribution in [3.8, 4) is 0 Å². The molecule has 0 atom stereocenters. The second-order valence-electron chi connectivity index (χ2n) is 4.87. The second-order valence-corrected chi connectivity index (χ2v) is 4.87. The molecule has 0 amide bonds. The Morgan fingerprint density at radius 2 is 1.85 bits per heavy atom. The molecule has 2 aromatic carbocycles. The number of para-hydroxylation sites is 2. The van der Waals surface area contributed by atoms with Crippen molar-refractivity contribution in [3.63, 3.8) is 0 Å². The highest BCUT2D eigenvalue weighted by atomic mass is 16.4. The van der Waals surface area contributed by atoms with Crippen molar-refractivity contribution in [1.82, 2.24) is 0 Å². The van der Waals surface area contributed by atoms with Crippen LogP contribution in [0.5, 0.6) is 0 Å². The Morgan fingerprint density at radius 3 is 2.45 bits per heavy atom. The average molecular weight is 270 g/mol. The van der Waals surface area contributed by atoms with E-state index >= 15 is 0 Å². The van der Waals surface area contributed by atoms with E-state index in [4.69, 9.17) is 5.11 Å². The van der Waals surface area contributed by atoms with Crippen LogP contribution in [0, 0.1) is 6.92 Å².